The van der Waals surface area contributed by atoms with Crippen molar-refractivity contribution in [3.05, 3.63) is 58.3 Å². The first-order valence-corrected chi connectivity index (χ1v) is 17.2. The molecule has 2 aromatic carbocycles. The Morgan fingerprint density at radius 1 is 1.09 bits per heavy atom. The molecule has 0 unspecified atom stereocenters. The van der Waals surface area contributed by atoms with Gasteiger partial charge in [0.05, 0.1) is 19.8 Å². The monoisotopic (exact) mass is 718 g/mol. The van der Waals surface area contributed by atoms with Gasteiger partial charge in [0, 0.05) is 40.5 Å². The second-order valence-corrected chi connectivity index (χ2v) is 14.2. The third kappa shape index (κ3) is 9.29. The molecule has 0 radical (unpaired) electrons. The normalized spacial score (nSPS) is 17.2. The van der Waals surface area contributed by atoms with E-state index >= 15 is 8.78 Å². The number of piperidine rings is 1. The number of nitrogens with one attached hydrogen (secondary N) is 1. The highest BCUT2D eigenvalue weighted by Gasteiger charge is 2.43. The third-order valence-corrected chi connectivity index (χ3v) is 8.94. The van der Waals surface area contributed by atoms with Crippen molar-refractivity contribution < 1.29 is 32.5 Å². The van der Waals surface area contributed by atoms with Crippen molar-refractivity contribution in [3.8, 4) is 5.75 Å². The maximum Gasteiger partial charge on any atom is 0.410 e. The van der Waals surface area contributed by atoms with Crippen LogP contribution in [0, 0.1) is 5.92 Å². The molecule has 9 nitrogen and oxygen atoms in total. The molecule has 2 aliphatic rings. The Labute approximate surface area is 283 Å². The highest BCUT2D eigenvalue weighted by molar-refractivity contribution is 9.10. The van der Waals surface area contributed by atoms with Crippen molar-refractivity contribution in [2.75, 3.05) is 38.2 Å². The minimum Gasteiger partial charge on any atom is -0.491 e. The Morgan fingerprint density at radius 3 is 2.55 bits per heavy atom. The Bertz CT molecular complexity index is 1510. The number of unbranched alkanes of at least 4 members (excludes halogenated alkanes) is 2. The Hall–Kier alpha value is -3.09. The SMILES string of the molecule is C[C@@H](Nc1ncnc2c(OCCCCCC3OCCO3)cc(Br)cc12)c1cccc(C(F)(F)C2CCN(C(=O)OC(C)(C)C)CC2)c1. The van der Waals surface area contributed by atoms with Gasteiger partial charge in [-0.3, -0.25) is 0 Å². The minimum absolute atomic E-state index is 0.0337. The van der Waals surface area contributed by atoms with Gasteiger partial charge in [0.15, 0.2) is 6.29 Å². The van der Waals surface area contributed by atoms with Gasteiger partial charge < -0.3 is 29.2 Å². The van der Waals surface area contributed by atoms with Gasteiger partial charge in [0.25, 0.3) is 5.92 Å². The standard InChI is InChI=1S/C35H45BrF2N4O5/c1-23(24-9-8-10-26(19-24)35(37,38)25-12-14-42(15-13-25)33(43)47-34(2,3)4)41-32-28-20-27(36)21-29(31(28)39-22-40-32)44-16-7-5-6-11-30-45-17-18-46-30/h8-10,19-23,25,30H,5-7,11-18H2,1-4H3,(H,39,40,41)/t23-/m1/s1. The van der Waals surface area contributed by atoms with Crippen molar-refractivity contribution >= 4 is 38.7 Å². The molecule has 5 rings (SSSR count). The number of hydrogen-bond acceptors (Lipinski definition) is 8. The van der Waals surface area contributed by atoms with E-state index in [2.05, 4.69) is 31.2 Å². The predicted molar refractivity (Wildman–Crippen MR) is 180 cm³/mol. The zero-order chi connectivity index (χ0) is 33.6. The largest absolute Gasteiger partial charge is 0.491 e. The predicted octanol–water partition coefficient (Wildman–Crippen LogP) is 8.62. The maximum absolute atomic E-state index is 15.8. The van der Waals surface area contributed by atoms with Crippen LogP contribution in [0.15, 0.2) is 47.2 Å². The zero-order valence-electron chi connectivity index (χ0n) is 27.6. The number of rotatable bonds is 12. The number of halogens is 3. The van der Waals surface area contributed by atoms with Crippen LogP contribution in [0.4, 0.5) is 19.4 Å². The molecule has 1 aromatic heterocycles. The van der Waals surface area contributed by atoms with Gasteiger partial charge in [-0.25, -0.2) is 23.5 Å². The molecule has 47 heavy (non-hydrogen) atoms. The van der Waals surface area contributed by atoms with Crippen LogP contribution < -0.4 is 10.1 Å². The summed E-state index contributed by atoms with van der Waals surface area (Å²) < 4.78 is 55.1. The van der Waals surface area contributed by atoms with Crippen molar-refractivity contribution in [1.82, 2.24) is 14.9 Å². The van der Waals surface area contributed by atoms with Gasteiger partial charge in [-0.05, 0) is 90.0 Å². The number of carbonyl (C=O) groups excluding carboxylic acids is 1. The summed E-state index contributed by atoms with van der Waals surface area (Å²) in [5.74, 6) is -2.70. The number of anilines is 1. The van der Waals surface area contributed by atoms with E-state index < -0.39 is 23.5 Å². The molecule has 256 valence electrons. The van der Waals surface area contributed by atoms with Crippen LogP contribution in [0.25, 0.3) is 10.9 Å². The number of amides is 1. The fraction of sp³-hybridized carbons (Fsp3) is 0.571. The molecule has 2 saturated heterocycles. The van der Waals surface area contributed by atoms with Gasteiger partial charge >= 0.3 is 6.09 Å². The lowest BCUT2D eigenvalue weighted by Gasteiger charge is -2.36. The van der Waals surface area contributed by atoms with Crippen LogP contribution >= 0.6 is 15.9 Å². The molecule has 3 aromatic rings. The van der Waals surface area contributed by atoms with Crippen molar-refractivity contribution in [2.45, 2.75) is 90.1 Å². The smallest absolute Gasteiger partial charge is 0.410 e. The van der Waals surface area contributed by atoms with Gasteiger partial charge in [0.1, 0.15) is 29.0 Å². The first-order chi connectivity index (χ1) is 22.4. The Morgan fingerprint density at radius 2 is 1.83 bits per heavy atom. The average molecular weight is 720 g/mol. The summed E-state index contributed by atoms with van der Waals surface area (Å²) in [6, 6.07) is 10.0. The number of ether oxygens (including phenoxy) is 4. The fourth-order valence-electron chi connectivity index (χ4n) is 5.96. The molecule has 1 atom stereocenters. The summed E-state index contributed by atoms with van der Waals surface area (Å²) in [6.07, 6.45) is 5.11. The lowest BCUT2D eigenvalue weighted by atomic mass is 9.85. The second kappa shape index (κ2) is 15.4. The van der Waals surface area contributed by atoms with Crippen LogP contribution in [0.5, 0.6) is 5.75 Å². The fourth-order valence-corrected chi connectivity index (χ4v) is 6.40. The van der Waals surface area contributed by atoms with Crippen LogP contribution in [0.3, 0.4) is 0 Å². The molecule has 2 aliphatic heterocycles. The Balaban J connectivity index is 1.21. The summed E-state index contributed by atoms with van der Waals surface area (Å²) >= 11 is 3.59. The number of benzene rings is 2. The molecule has 0 saturated carbocycles. The minimum atomic E-state index is -3.05. The molecule has 0 aliphatic carbocycles. The van der Waals surface area contributed by atoms with E-state index in [0.717, 1.165) is 35.5 Å². The maximum atomic E-state index is 15.8. The van der Waals surface area contributed by atoms with Crippen LogP contribution in [0.1, 0.15) is 83.4 Å². The van der Waals surface area contributed by atoms with Gasteiger partial charge in [-0.1, -0.05) is 34.1 Å². The third-order valence-electron chi connectivity index (χ3n) is 8.49. The van der Waals surface area contributed by atoms with Gasteiger partial charge in [-0.2, -0.15) is 0 Å². The number of aromatic nitrogens is 2. The van der Waals surface area contributed by atoms with Crippen LogP contribution in [-0.4, -0.2) is 65.8 Å². The van der Waals surface area contributed by atoms with Gasteiger partial charge in [0.2, 0.25) is 0 Å². The summed E-state index contributed by atoms with van der Waals surface area (Å²) in [6.45, 7) is 9.65. The summed E-state index contributed by atoms with van der Waals surface area (Å²) in [5, 5.41) is 4.17. The van der Waals surface area contributed by atoms with E-state index in [1.807, 2.05) is 25.1 Å². The van der Waals surface area contributed by atoms with Crippen LogP contribution in [0.2, 0.25) is 0 Å². The second-order valence-electron chi connectivity index (χ2n) is 13.2. The molecule has 2 fully saturated rings. The summed E-state index contributed by atoms with van der Waals surface area (Å²) in [5.41, 5.74) is 0.714. The lowest BCUT2D eigenvalue weighted by Crippen LogP contribution is -2.44. The molecule has 0 bridgehead atoms. The average Bonchev–Trinajstić information content (AvgIpc) is 3.56. The number of carbonyl (C=O) groups is 1. The molecule has 3 heterocycles. The first-order valence-electron chi connectivity index (χ1n) is 16.4. The van der Waals surface area contributed by atoms with E-state index in [1.54, 1.807) is 32.9 Å². The number of fused-ring (bicyclic) bond motifs is 1. The molecule has 12 heteroatoms. The highest BCUT2D eigenvalue weighted by Crippen LogP contribution is 2.42. The molecule has 0 spiro atoms. The van der Waals surface area contributed by atoms with E-state index in [9.17, 15) is 4.79 Å². The summed E-state index contributed by atoms with van der Waals surface area (Å²) in [7, 11) is 0. The molecular weight excluding hydrogens is 674 g/mol. The number of nitrogens with zero attached hydrogens (tertiary/aromatic N) is 3. The topological polar surface area (TPSA) is 95.0 Å². The zero-order valence-corrected chi connectivity index (χ0v) is 29.2. The van der Waals surface area contributed by atoms with E-state index in [-0.39, 0.29) is 43.8 Å². The summed E-state index contributed by atoms with van der Waals surface area (Å²) in [4.78, 5) is 22.9. The number of hydrogen-bond donors (Lipinski definition) is 1. The highest BCUT2D eigenvalue weighted by atomic mass is 79.9. The van der Waals surface area contributed by atoms with Crippen molar-refractivity contribution in [3.63, 3.8) is 0 Å². The molecule has 1 amide bonds. The number of likely N-dealkylation sites (tertiary alicyclic amines) is 1. The molecule has 1 N–H and O–H groups in total. The quantitative estimate of drug-likeness (QED) is 0.186. The van der Waals surface area contributed by atoms with E-state index in [0.29, 0.717) is 42.5 Å². The van der Waals surface area contributed by atoms with Gasteiger partial charge in [-0.15, -0.1) is 0 Å². The molecular formula is C35H45BrF2N4O5. The van der Waals surface area contributed by atoms with Crippen molar-refractivity contribution in [2.24, 2.45) is 5.92 Å². The van der Waals surface area contributed by atoms with Crippen molar-refractivity contribution in [1.29, 1.82) is 0 Å². The number of alkyl halides is 2. The first kappa shape index (κ1) is 35.2. The van der Waals surface area contributed by atoms with E-state index in [1.165, 1.54) is 17.3 Å². The van der Waals surface area contributed by atoms with E-state index in [4.69, 9.17) is 18.9 Å². The Kier molecular flexibility index (Phi) is 11.6. The van der Waals surface area contributed by atoms with Crippen LogP contribution in [-0.2, 0) is 20.1 Å². The lowest BCUT2D eigenvalue weighted by molar-refractivity contribution is -0.0861.